The van der Waals surface area contributed by atoms with Gasteiger partial charge in [-0.2, -0.15) is 0 Å². The van der Waals surface area contributed by atoms with Crippen LogP contribution in [0.2, 0.25) is 5.02 Å². The number of carbonyl (C=O) groups excluding carboxylic acids is 2. The molecule has 0 aliphatic rings. The number of hydrogen-bond acceptors (Lipinski definition) is 4. The molecule has 0 bridgehead atoms. The van der Waals surface area contributed by atoms with Gasteiger partial charge in [0.05, 0.1) is 23.2 Å². The third-order valence-corrected chi connectivity index (χ3v) is 5.13. The zero-order valence-corrected chi connectivity index (χ0v) is 18.3. The van der Waals surface area contributed by atoms with E-state index in [4.69, 9.17) is 11.6 Å². The molecule has 29 heavy (non-hydrogen) atoms. The number of hydrogen-bond donors (Lipinski definition) is 2. The predicted molar refractivity (Wildman–Crippen MR) is 116 cm³/mol. The van der Waals surface area contributed by atoms with Gasteiger partial charge >= 0.3 is 0 Å². The van der Waals surface area contributed by atoms with Crippen LogP contribution >= 0.6 is 11.6 Å². The normalized spacial score (nSPS) is 11.6. The van der Waals surface area contributed by atoms with Crippen molar-refractivity contribution >= 4 is 44.8 Å². The average molecular weight is 438 g/mol. The van der Waals surface area contributed by atoms with Gasteiger partial charge in [-0.25, -0.2) is 8.42 Å². The molecule has 9 heteroatoms. The Bertz CT molecular complexity index is 999. The van der Waals surface area contributed by atoms with Gasteiger partial charge in [-0.3, -0.25) is 13.9 Å². The zero-order valence-electron chi connectivity index (χ0n) is 16.7. The molecule has 0 aliphatic carbocycles. The van der Waals surface area contributed by atoms with Crippen molar-refractivity contribution in [2.75, 3.05) is 22.4 Å². The van der Waals surface area contributed by atoms with Crippen LogP contribution in [0.15, 0.2) is 48.5 Å². The standard InChI is InChI=1S/C20H24ClN3O4S/c1-20(2,3)23-19(26)16-7-5-6-8-17(16)22-18(25)13-24(29(4,27)28)15-11-9-14(21)10-12-15/h5-12H,13H2,1-4H3,(H,22,25)(H,23,26). The Balaban J connectivity index is 2.23. The molecule has 0 heterocycles. The Hall–Kier alpha value is -2.58. The Morgan fingerprint density at radius 3 is 2.17 bits per heavy atom. The van der Waals surface area contributed by atoms with E-state index in [9.17, 15) is 18.0 Å². The first-order chi connectivity index (χ1) is 13.4. The van der Waals surface area contributed by atoms with E-state index in [-0.39, 0.29) is 11.5 Å². The third-order valence-electron chi connectivity index (χ3n) is 3.74. The molecule has 0 atom stereocenters. The number of sulfonamides is 1. The summed E-state index contributed by atoms with van der Waals surface area (Å²) in [5, 5.41) is 5.91. The summed E-state index contributed by atoms with van der Waals surface area (Å²) < 4.78 is 25.3. The highest BCUT2D eigenvalue weighted by Gasteiger charge is 2.23. The molecule has 156 valence electrons. The maximum Gasteiger partial charge on any atom is 0.253 e. The molecule has 0 aliphatic heterocycles. The van der Waals surface area contributed by atoms with E-state index >= 15 is 0 Å². The number of nitrogens with one attached hydrogen (secondary N) is 2. The van der Waals surface area contributed by atoms with E-state index in [1.807, 2.05) is 20.8 Å². The van der Waals surface area contributed by atoms with Crippen LogP contribution in [0.5, 0.6) is 0 Å². The third kappa shape index (κ3) is 6.76. The van der Waals surface area contributed by atoms with E-state index in [0.717, 1.165) is 10.6 Å². The quantitative estimate of drug-likeness (QED) is 0.724. The van der Waals surface area contributed by atoms with Crippen LogP contribution in [0.3, 0.4) is 0 Å². The van der Waals surface area contributed by atoms with Crippen LogP contribution < -0.4 is 14.9 Å². The lowest BCUT2D eigenvalue weighted by atomic mass is 10.1. The Morgan fingerprint density at radius 1 is 1.03 bits per heavy atom. The molecule has 0 unspecified atom stereocenters. The second-order valence-electron chi connectivity index (χ2n) is 7.54. The van der Waals surface area contributed by atoms with Gasteiger partial charge in [-0.1, -0.05) is 23.7 Å². The lowest BCUT2D eigenvalue weighted by molar-refractivity contribution is -0.114. The number of carbonyl (C=O) groups is 2. The first-order valence-electron chi connectivity index (χ1n) is 8.81. The predicted octanol–water partition coefficient (Wildman–Crippen LogP) is 3.27. The van der Waals surface area contributed by atoms with Crippen molar-refractivity contribution in [3.63, 3.8) is 0 Å². The van der Waals surface area contributed by atoms with Gasteiger partial charge < -0.3 is 10.6 Å². The average Bonchev–Trinajstić information content (AvgIpc) is 2.58. The van der Waals surface area contributed by atoms with Crippen LogP contribution in [0.1, 0.15) is 31.1 Å². The summed E-state index contributed by atoms with van der Waals surface area (Å²) in [5.74, 6) is -0.924. The fourth-order valence-corrected chi connectivity index (χ4v) is 3.51. The van der Waals surface area contributed by atoms with Crippen LogP contribution in [-0.2, 0) is 14.8 Å². The maximum absolute atomic E-state index is 12.6. The fraction of sp³-hybridized carbons (Fsp3) is 0.300. The van der Waals surface area contributed by atoms with E-state index in [2.05, 4.69) is 10.6 Å². The molecule has 0 fully saturated rings. The molecule has 0 spiro atoms. The molecular formula is C20H24ClN3O4S. The summed E-state index contributed by atoms with van der Waals surface area (Å²) in [6, 6.07) is 12.6. The number of anilines is 2. The maximum atomic E-state index is 12.6. The van der Waals surface area contributed by atoms with Crippen LogP contribution in [-0.4, -0.2) is 38.6 Å². The van der Waals surface area contributed by atoms with Crippen molar-refractivity contribution in [2.24, 2.45) is 0 Å². The van der Waals surface area contributed by atoms with E-state index < -0.39 is 28.0 Å². The monoisotopic (exact) mass is 437 g/mol. The second-order valence-corrected chi connectivity index (χ2v) is 9.89. The summed E-state index contributed by atoms with van der Waals surface area (Å²) in [4.78, 5) is 25.1. The number of para-hydroxylation sites is 1. The molecule has 2 aromatic rings. The minimum Gasteiger partial charge on any atom is -0.347 e. The molecule has 2 aromatic carbocycles. The van der Waals surface area contributed by atoms with Crippen LogP contribution in [0.25, 0.3) is 0 Å². The first kappa shape index (κ1) is 22.7. The number of rotatable bonds is 6. The summed E-state index contributed by atoms with van der Waals surface area (Å²) in [6.07, 6.45) is 1.01. The summed E-state index contributed by atoms with van der Waals surface area (Å²) in [6.45, 7) is 5.10. The lowest BCUT2D eigenvalue weighted by Crippen LogP contribution is -2.41. The Morgan fingerprint density at radius 2 is 1.62 bits per heavy atom. The highest BCUT2D eigenvalue weighted by Crippen LogP contribution is 2.21. The lowest BCUT2D eigenvalue weighted by Gasteiger charge is -2.23. The van der Waals surface area contributed by atoms with Crippen molar-refractivity contribution in [2.45, 2.75) is 26.3 Å². The summed E-state index contributed by atoms with van der Waals surface area (Å²) in [5.41, 5.74) is 0.443. The molecule has 0 aromatic heterocycles. The highest BCUT2D eigenvalue weighted by atomic mass is 35.5. The van der Waals surface area contributed by atoms with Gasteiger partial charge in [0, 0.05) is 10.6 Å². The fourth-order valence-electron chi connectivity index (χ4n) is 2.53. The van der Waals surface area contributed by atoms with Gasteiger partial charge in [0.25, 0.3) is 5.91 Å². The molecule has 2 rings (SSSR count). The largest absolute Gasteiger partial charge is 0.347 e. The topological polar surface area (TPSA) is 95.6 Å². The summed E-state index contributed by atoms with van der Waals surface area (Å²) >= 11 is 5.85. The zero-order chi connectivity index (χ0) is 21.8. The Labute approximate surface area is 176 Å². The number of halogens is 1. The highest BCUT2D eigenvalue weighted by molar-refractivity contribution is 7.92. The van der Waals surface area contributed by atoms with E-state index in [1.165, 1.54) is 12.1 Å². The van der Waals surface area contributed by atoms with Crippen LogP contribution in [0, 0.1) is 0 Å². The number of nitrogens with zero attached hydrogens (tertiary/aromatic N) is 1. The van der Waals surface area contributed by atoms with E-state index in [1.54, 1.807) is 36.4 Å². The van der Waals surface area contributed by atoms with Gasteiger partial charge in [0.2, 0.25) is 15.9 Å². The van der Waals surface area contributed by atoms with Crippen molar-refractivity contribution in [3.8, 4) is 0 Å². The second kappa shape index (κ2) is 8.84. The van der Waals surface area contributed by atoms with Gasteiger partial charge in [-0.15, -0.1) is 0 Å². The van der Waals surface area contributed by atoms with Crippen molar-refractivity contribution in [1.82, 2.24) is 5.32 Å². The number of benzene rings is 2. The van der Waals surface area contributed by atoms with Crippen molar-refractivity contribution in [1.29, 1.82) is 0 Å². The van der Waals surface area contributed by atoms with Crippen molar-refractivity contribution in [3.05, 3.63) is 59.1 Å². The molecule has 0 saturated heterocycles. The van der Waals surface area contributed by atoms with Crippen LogP contribution in [0.4, 0.5) is 11.4 Å². The molecule has 7 nitrogen and oxygen atoms in total. The van der Waals surface area contributed by atoms with Crippen molar-refractivity contribution < 1.29 is 18.0 Å². The molecule has 0 radical (unpaired) electrons. The minimum atomic E-state index is -3.72. The van der Waals surface area contributed by atoms with E-state index in [0.29, 0.717) is 16.4 Å². The van der Waals surface area contributed by atoms with Gasteiger partial charge in [-0.05, 0) is 57.2 Å². The molecule has 2 N–H and O–H groups in total. The summed E-state index contributed by atoms with van der Waals surface area (Å²) in [7, 11) is -3.72. The SMILES string of the molecule is CC(C)(C)NC(=O)c1ccccc1NC(=O)CN(c1ccc(Cl)cc1)S(C)(=O)=O. The minimum absolute atomic E-state index is 0.285. The van der Waals surface area contributed by atoms with Gasteiger partial charge in [0.1, 0.15) is 6.54 Å². The molecule has 2 amide bonds. The molecule has 0 saturated carbocycles. The van der Waals surface area contributed by atoms with Gasteiger partial charge in [0.15, 0.2) is 0 Å². The number of amides is 2. The Kier molecular flexibility index (Phi) is 6.92. The smallest absolute Gasteiger partial charge is 0.253 e. The first-order valence-corrected chi connectivity index (χ1v) is 11.0. The molecular weight excluding hydrogens is 414 g/mol.